The summed E-state index contributed by atoms with van der Waals surface area (Å²) in [6, 6.07) is 0. The standard InChI is InChI=1S/C12H23NO/c1-10-3-2-6-12(7-10,9-13)14-8-11-4-5-11/h10-11H,2-9,13H2,1H3. The summed E-state index contributed by atoms with van der Waals surface area (Å²) in [7, 11) is 0. The fourth-order valence-corrected chi connectivity index (χ4v) is 2.57. The Balaban J connectivity index is 1.85. The van der Waals surface area contributed by atoms with Crippen molar-refractivity contribution in [1.82, 2.24) is 0 Å². The maximum absolute atomic E-state index is 6.09. The van der Waals surface area contributed by atoms with Gasteiger partial charge in [-0.2, -0.15) is 0 Å². The van der Waals surface area contributed by atoms with Crippen LogP contribution < -0.4 is 5.73 Å². The molecular formula is C12H23NO. The van der Waals surface area contributed by atoms with Crippen molar-refractivity contribution in [3.05, 3.63) is 0 Å². The van der Waals surface area contributed by atoms with Gasteiger partial charge in [0.2, 0.25) is 0 Å². The van der Waals surface area contributed by atoms with Gasteiger partial charge in [-0.05, 0) is 37.5 Å². The maximum atomic E-state index is 6.09. The first-order valence-corrected chi connectivity index (χ1v) is 6.08. The number of nitrogens with two attached hydrogens (primary N) is 1. The van der Waals surface area contributed by atoms with Gasteiger partial charge in [0.25, 0.3) is 0 Å². The summed E-state index contributed by atoms with van der Waals surface area (Å²) in [6.45, 7) is 4.00. The third-order valence-electron chi connectivity index (χ3n) is 3.74. The van der Waals surface area contributed by atoms with Crippen molar-refractivity contribution in [3.8, 4) is 0 Å². The fraction of sp³-hybridized carbons (Fsp3) is 1.00. The maximum Gasteiger partial charge on any atom is 0.0806 e. The van der Waals surface area contributed by atoms with Crippen LogP contribution in [0, 0.1) is 11.8 Å². The molecule has 0 aliphatic heterocycles. The molecule has 82 valence electrons. The average Bonchev–Trinajstić information content (AvgIpc) is 2.98. The second-order valence-corrected chi connectivity index (χ2v) is 5.34. The molecule has 0 amide bonds. The van der Waals surface area contributed by atoms with Gasteiger partial charge in [0.05, 0.1) is 12.2 Å². The normalized spacial score (nSPS) is 38.6. The summed E-state index contributed by atoms with van der Waals surface area (Å²) in [5, 5.41) is 0. The second-order valence-electron chi connectivity index (χ2n) is 5.34. The van der Waals surface area contributed by atoms with Crippen LogP contribution in [0.15, 0.2) is 0 Å². The molecule has 2 nitrogen and oxygen atoms in total. The van der Waals surface area contributed by atoms with Gasteiger partial charge >= 0.3 is 0 Å². The molecule has 0 radical (unpaired) electrons. The van der Waals surface area contributed by atoms with Crippen LogP contribution in [0.5, 0.6) is 0 Å². The molecule has 2 aliphatic rings. The lowest BCUT2D eigenvalue weighted by molar-refractivity contribution is -0.0783. The Kier molecular flexibility index (Phi) is 3.13. The number of hydrogen-bond acceptors (Lipinski definition) is 2. The van der Waals surface area contributed by atoms with Crippen molar-refractivity contribution < 1.29 is 4.74 Å². The lowest BCUT2D eigenvalue weighted by Crippen LogP contribution is -2.45. The van der Waals surface area contributed by atoms with Crippen molar-refractivity contribution in [2.75, 3.05) is 13.2 Å². The number of rotatable bonds is 4. The molecule has 0 aromatic heterocycles. The van der Waals surface area contributed by atoms with E-state index in [4.69, 9.17) is 10.5 Å². The predicted octanol–water partition coefficient (Wildman–Crippen LogP) is 2.32. The third kappa shape index (κ3) is 2.48. The molecule has 0 aromatic rings. The van der Waals surface area contributed by atoms with E-state index in [9.17, 15) is 0 Å². The lowest BCUT2D eigenvalue weighted by Gasteiger charge is -2.39. The first-order valence-electron chi connectivity index (χ1n) is 6.08. The third-order valence-corrected chi connectivity index (χ3v) is 3.74. The van der Waals surface area contributed by atoms with E-state index in [1.165, 1.54) is 38.5 Å². The Morgan fingerprint density at radius 1 is 1.36 bits per heavy atom. The van der Waals surface area contributed by atoms with E-state index in [0.717, 1.165) is 18.4 Å². The van der Waals surface area contributed by atoms with Crippen LogP contribution in [0.25, 0.3) is 0 Å². The first-order chi connectivity index (χ1) is 6.74. The van der Waals surface area contributed by atoms with Crippen LogP contribution in [0.2, 0.25) is 0 Å². The molecule has 0 heterocycles. The molecule has 2 heteroatoms. The Morgan fingerprint density at radius 2 is 2.14 bits per heavy atom. The van der Waals surface area contributed by atoms with Crippen LogP contribution in [0.1, 0.15) is 45.4 Å². The van der Waals surface area contributed by atoms with Gasteiger partial charge in [-0.25, -0.2) is 0 Å². The smallest absolute Gasteiger partial charge is 0.0806 e. The van der Waals surface area contributed by atoms with Gasteiger partial charge in [-0.3, -0.25) is 0 Å². The van der Waals surface area contributed by atoms with Crippen molar-refractivity contribution in [2.24, 2.45) is 17.6 Å². The molecule has 0 aromatic carbocycles. The summed E-state index contributed by atoms with van der Waals surface area (Å²) in [6.07, 6.45) is 7.75. The Bertz CT molecular complexity index is 191. The van der Waals surface area contributed by atoms with E-state index in [2.05, 4.69) is 6.92 Å². The molecule has 2 aliphatic carbocycles. The van der Waals surface area contributed by atoms with Gasteiger partial charge < -0.3 is 10.5 Å². The van der Waals surface area contributed by atoms with Crippen molar-refractivity contribution in [2.45, 2.75) is 51.0 Å². The highest BCUT2D eigenvalue weighted by Gasteiger charge is 2.36. The molecular weight excluding hydrogens is 174 g/mol. The molecule has 2 fully saturated rings. The monoisotopic (exact) mass is 197 g/mol. The van der Waals surface area contributed by atoms with Gasteiger partial charge in [0.1, 0.15) is 0 Å². The van der Waals surface area contributed by atoms with Crippen molar-refractivity contribution in [3.63, 3.8) is 0 Å². The lowest BCUT2D eigenvalue weighted by atomic mass is 9.79. The molecule has 2 unspecified atom stereocenters. The molecule has 0 spiro atoms. The summed E-state index contributed by atoms with van der Waals surface area (Å²) in [4.78, 5) is 0. The van der Waals surface area contributed by atoms with E-state index < -0.39 is 0 Å². The second kappa shape index (κ2) is 4.19. The zero-order chi connectivity index (χ0) is 10.0. The van der Waals surface area contributed by atoms with Gasteiger partial charge in [-0.15, -0.1) is 0 Å². The number of hydrogen-bond donors (Lipinski definition) is 1. The quantitative estimate of drug-likeness (QED) is 0.750. The van der Waals surface area contributed by atoms with E-state index in [-0.39, 0.29) is 5.60 Å². The Morgan fingerprint density at radius 3 is 2.71 bits per heavy atom. The largest absolute Gasteiger partial charge is 0.373 e. The van der Waals surface area contributed by atoms with Gasteiger partial charge in [-0.1, -0.05) is 19.8 Å². The van der Waals surface area contributed by atoms with E-state index in [1.807, 2.05) is 0 Å². The molecule has 14 heavy (non-hydrogen) atoms. The molecule has 0 saturated heterocycles. The van der Waals surface area contributed by atoms with E-state index in [1.54, 1.807) is 0 Å². The SMILES string of the molecule is CC1CCCC(CN)(OCC2CC2)C1. The van der Waals surface area contributed by atoms with Gasteiger partial charge in [0.15, 0.2) is 0 Å². The van der Waals surface area contributed by atoms with Crippen LogP contribution in [-0.2, 0) is 4.74 Å². The minimum Gasteiger partial charge on any atom is -0.373 e. The molecule has 2 N–H and O–H groups in total. The Labute approximate surface area is 87.2 Å². The summed E-state index contributed by atoms with van der Waals surface area (Å²) >= 11 is 0. The average molecular weight is 197 g/mol. The summed E-state index contributed by atoms with van der Waals surface area (Å²) in [5.41, 5.74) is 5.92. The van der Waals surface area contributed by atoms with Crippen molar-refractivity contribution in [1.29, 1.82) is 0 Å². The zero-order valence-electron chi connectivity index (χ0n) is 9.30. The Hall–Kier alpha value is -0.0800. The van der Waals surface area contributed by atoms with E-state index >= 15 is 0 Å². The molecule has 2 atom stereocenters. The highest BCUT2D eigenvalue weighted by atomic mass is 16.5. The molecule has 0 bridgehead atoms. The topological polar surface area (TPSA) is 35.2 Å². The molecule has 2 rings (SSSR count). The van der Waals surface area contributed by atoms with Crippen LogP contribution in [0.3, 0.4) is 0 Å². The predicted molar refractivity (Wildman–Crippen MR) is 58.1 cm³/mol. The fourth-order valence-electron chi connectivity index (χ4n) is 2.57. The first kappa shape index (κ1) is 10.4. The van der Waals surface area contributed by atoms with Gasteiger partial charge in [0, 0.05) is 6.54 Å². The van der Waals surface area contributed by atoms with Crippen LogP contribution in [-0.4, -0.2) is 18.8 Å². The zero-order valence-corrected chi connectivity index (χ0v) is 9.30. The highest BCUT2D eigenvalue weighted by Crippen LogP contribution is 2.37. The van der Waals surface area contributed by atoms with Crippen molar-refractivity contribution >= 4 is 0 Å². The minimum atomic E-state index is 0.0419. The minimum absolute atomic E-state index is 0.0419. The summed E-state index contributed by atoms with van der Waals surface area (Å²) in [5.74, 6) is 1.65. The van der Waals surface area contributed by atoms with Crippen LogP contribution >= 0.6 is 0 Å². The highest BCUT2D eigenvalue weighted by molar-refractivity contribution is 4.89. The molecule has 2 saturated carbocycles. The summed E-state index contributed by atoms with van der Waals surface area (Å²) < 4.78 is 6.09. The van der Waals surface area contributed by atoms with Crippen LogP contribution in [0.4, 0.5) is 0 Å². The number of ether oxygens (including phenoxy) is 1. The van der Waals surface area contributed by atoms with E-state index in [0.29, 0.717) is 6.54 Å².